The molecular weight excluding hydrogens is 158 g/mol. The number of aliphatic hydroxyl groups is 1. The number of amides is 1. The first-order chi connectivity index (χ1) is 5.61. The van der Waals surface area contributed by atoms with Gasteiger partial charge in [-0.25, -0.2) is 4.79 Å². The Kier molecular flexibility index (Phi) is 2.92. The summed E-state index contributed by atoms with van der Waals surface area (Å²) in [5.74, 6) is 0.197. The number of ether oxygens (including phenoxy) is 1. The SMILES string of the molecule is CC1CCCC(OC(N)=O)C1O. The normalized spacial score (nSPS) is 36.0. The van der Waals surface area contributed by atoms with E-state index in [2.05, 4.69) is 0 Å². The molecule has 1 saturated carbocycles. The first-order valence-electron chi connectivity index (χ1n) is 4.25. The van der Waals surface area contributed by atoms with Gasteiger partial charge >= 0.3 is 6.09 Å². The van der Waals surface area contributed by atoms with Gasteiger partial charge in [0.2, 0.25) is 0 Å². The number of hydrogen-bond donors (Lipinski definition) is 2. The zero-order chi connectivity index (χ0) is 9.14. The molecule has 0 aromatic heterocycles. The lowest BCUT2D eigenvalue weighted by atomic mass is 9.86. The van der Waals surface area contributed by atoms with Crippen LogP contribution in [0.15, 0.2) is 0 Å². The average Bonchev–Trinajstić information content (AvgIpc) is 1.98. The molecule has 0 aromatic carbocycles. The summed E-state index contributed by atoms with van der Waals surface area (Å²) >= 11 is 0. The summed E-state index contributed by atoms with van der Waals surface area (Å²) in [4.78, 5) is 10.4. The molecule has 1 rings (SSSR count). The fourth-order valence-corrected chi connectivity index (χ4v) is 1.63. The maximum atomic E-state index is 10.4. The molecule has 0 heterocycles. The maximum absolute atomic E-state index is 10.4. The van der Waals surface area contributed by atoms with Gasteiger partial charge < -0.3 is 15.6 Å². The smallest absolute Gasteiger partial charge is 0.404 e. The van der Waals surface area contributed by atoms with Gasteiger partial charge in [0.1, 0.15) is 6.10 Å². The van der Waals surface area contributed by atoms with Gasteiger partial charge in [0.25, 0.3) is 0 Å². The zero-order valence-corrected chi connectivity index (χ0v) is 7.19. The van der Waals surface area contributed by atoms with Crippen molar-refractivity contribution in [3.63, 3.8) is 0 Å². The zero-order valence-electron chi connectivity index (χ0n) is 7.19. The Bertz CT molecular complexity index is 172. The lowest BCUT2D eigenvalue weighted by Gasteiger charge is -2.31. The maximum Gasteiger partial charge on any atom is 0.404 e. The summed E-state index contributed by atoms with van der Waals surface area (Å²) in [5.41, 5.74) is 4.86. The molecule has 1 aliphatic carbocycles. The van der Waals surface area contributed by atoms with E-state index in [1.807, 2.05) is 6.92 Å². The van der Waals surface area contributed by atoms with Crippen molar-refractivity contribution < 1.29 is 14.6 Å². The van der Waals surface area contributed by atoms with Crippen LogP contribution in [0.25, 0.3) is 0 Å². The molecule has 0 aromatic rings. The Hall–Kier alpha value is -0.770. The predicted molar refractivity (Wildman–Crippen MR) is 43.5 cm³/mol. The second kappa shape index (κ2) is 3.76. The van der Waals surface area contributed by atoms with E-state index in [1.165, 1.54) is 0 Å². The van der Waals surface area contributed by atoms with Crippen molar-refractivity contribution in [1.29, 1.82) is 0 Å². The Morgan fingerprint density at radius 1 is 1.58 bits per heavy atom. The van der Waals surface area contributed by atoms with Crippen LogP contribution in [-0.2, 0) is 4.74 Å². The minimum atomic E-state index is -0.798. The van der Waals surface area contributed by atoms with Gasteiger partial charge in [0.05, 0.1) is 6.10 Å². The van der Waals surface area contributed by atoms with Crippen molar-refractivity contribution in [2.24, 2.45) is 11.7 Å². The lowest BCUT2D eigenvalue weighted by Crippen LogP contribution is -2.40. The Balaban J connectivity index is 2.46. The highest BCUT2D eigenvalue weighted by atomic mass is 16.6. The minimum absolute atomic E-state index is 0.197. The number of hydrogen-bond acceptors (Lipinski definition) is 3. The van der Waals surface area contributed by atoms with Crippen LogP contribution in [0.2, 0.25) is 0 Å². The van der Waals surface area contributed by atoms with E-state index in [-0.39, 0.29) is 5.92 Å². The first kappa shape index (κ1) is 9.32. The molecule has 3 N–H and O–H groups in total. The van der Waals surface area contributed by atoms with Crippen LogP contribution in [0.1, 0.15) is 26.2 Å². The Labute approximate surface area is 71.7 Å². The van der Waals surface area contributed by atoms with E-state index in [1.54, 1.807) is 0 Å². The monoisotopic (exact) mass is 173 g/mol. The summed E-state index contributed by atoms with van der Waals surface area (Å²) in [5, 5.41) is 9.55. The van der Waals surface area contributed by atoms with Crippen LogP contribution in [0.3, 0.4) is 0 Å². The highest BCUT2D eigenvalue weighted by Gasteiger charge is 2.31. The summed E-state index contributed by atoms with van der Waals surface area (Å²) in [6.45, 7) is 1.95. The molecule has 0 bridgehead atoms. The van der Waals surface area contributed by atoms with Crippen LogP contribution in [0, 0.1) is 5.92 Å². The Morgan fingerprint density at radius 2 is 2.25 bits per heavy atom. The largest absolute Gasteiger partial charge is 0.444 e. The topological polar surface area (TPSA) is 72.5 Å². The van der Waals surface area contributed by atoms with Gasteiger partial charge in [0, 0.05) is 0 Å². The average molecular weight is 173 g/mol. The number of carbonyl (C=O) groups excluding carboxylic acids is 1. The van der Waals surface area contributed by atoms with Crippen molar-refractivity contribution in [2.45, 2.75) is 38.4 Å². The standard InChI is InChI=1S/C8H15NO3/c1-5-3-2-4-6(7(5)10)12-8(9)11/h5-7,10H,2-4H2,1H3,(H2,9,11). The van der Waals surface area contributed by atoms with E-state index >= 15 is 0 Å². The van der Waals surface area contributed by atoms with Crippen LogP contribution in [0.5, 0.6) is 0 Å². The van der Waals surface area contributed by atoms with Gasteiger partial charge in [-0.1, -0.05) is 6.92 Å². The summed E-state index contributed by atoms with van der Waals surface area (Å²) < 4.78 is 4.76. The molecule has 0 saturated heterocycles. The molecule has 1 aliphatic rings. The predicted octanol–water partition coefficient (Wildman–Crippen LogP) is 0.631. The lowest BCUT2D eigenvalue weighted by molar-refractivity contribution is -0.0450. The van der Waals surface area contributed by atoms with Crippen LogP contribution < -0.4 is 5.73 Å². The van der Waals surface area contributed by atoms with Crippen LogP contribution in [-0.4, -0.2) is 23.4 Å². The molecule has 4 nitrogen and oxygen atoms in total. The molecule has 70 valence electrons. The number of rotatable bonds is 1. The molecular formula is C8H15NO3. The summed E-state index contributed by atoms with van der Waals surface area (Å²) in [6.07, 6.45) is 0.940. The van der Waals surface area contributed by atoms with Gasteiger partial charge in [-0.2, -0.15) is 0 Å². The second-order valence-corrected chi connectivity index (χ2v) is 3.37. The third-order valence-corrected chi connectivity index (χ3v) is 2.38. The fraction of sp³-hybridized carbons (Fsp3) is 0.875. The quantitative estimate of drug-likeness (QED) is 0.611. The third-order valence-electron chi connectivity index (χ3n) is 2.38. The second-order valence-electron chi connectivity index (χ2n) is 3.37. The van der Waals surface area contributed by atoms with Crippen molar-refractivity contribution in [2.75, 3.05) is 0 Å². The molecule has 0 radical (unpaired) electrons. The minimum Gasteiger partial charge on any atom is -0.444 e. The van der Waals surface area contributed by atoms with E-state index in [9.17, 15) is 9.90 Å². The van der Waals surface area contributed by atoms with Gasteiger partial charge in [-0.05, 0) is 25.2 Å². The Morgan fingerprint density at radius 3 is 2.83 bits per heavy atom. The molecule has 0 aliphatic heterocycles. The molecule has 1 fully saturated rings. The molecule has 3 unspecified atom stereocenters. The van der Waals surface area contributed by atoms with Crippen molar-refractivity contribution >= 4 is 6.09 Å². The summed E-state index contributed by atoms with van der Waals surface area (Å²) in [7, 11) is 0. The van der Waals surface area contributed by atoms with Crippen molar-refractivity contribution in [3.8, 4) is 0 Å². The van der Waals surface area contributed by atoms with Crippen molar-refractivity contribution in [1.82, 2.24) is 0 Å². The van der Waals surface area contributed by atoms with E-state index < -0.39 is 18.3 Å². The van der Waals surface area contributed by atoms with E-state index in [4.69, 9.17) is 10.5 Å². The number of primary amides is 1. The van der Waals surface area contributed by atoms with E-state index in [0.29, 0.717) is 6.42 Å². The van der Waals surface area contributed by atoms with Crippen LogP contribution in [0.4, 0.5) is 4.79 Å². The first-order valence-corrected chi connectivity index (χ1v) is 4.25. The molecule has 12 heavy (non-hydrogen) atoms. The molecule has 0 spiro atoms. The highest BCUT2D eigenvalue weighted by Crippen LogP contribution is 2.26. The highest BCUT2D eigenvalue weighted by molar-refractivity contribution is 5.64. The number of carbonyl (C=O) groups is 1. The van der Waals surface area contributed by atoms with E-state index in [0.717, 1.165) is 12.8 Å². The number of nitrogens with two attached hydrogens (primary N) is 1. The van der Waals surface area contributed by atoms with Crippen LogP contribution >= 0.6 is 0 Å². The van der Waals surface area contributed by atoms with Gasteiger partial charge in [-0.3, -0.25) is 0 Å². The molecule has 3 atom stereocenters. The third kappa shape index (κ3) is 2.11. The molecule has 4 heteroatoms. The molecule has 1 amide bonds. The van der Waals surface area contributed by atoms with Gasteiger partial charge in [-0.15, -0.1) is 0 Å². The fourth-order valence-electron chi connectivity index (χ4n) is 1.63. The van der Waals surface area contributed by atoms with Crippen molar-refractivity contribution in [3.05, 3.63) is 0 Å². The number of aliphatic hydroxyl groups excluding tert-OH is 1. The summed E-state index contributed by atoms with van der Waals surface area (Å²) in [6, 6.07) is 0. The van der Waals surface area contributed by atoms with Gasteiger partial charge in [0.15, 0.2) is 0 Å².